The van der Waals surface area contributed by atoms with Crippen LogP contribution in [0.5, 0.6) is 0 Å². The first-order chi connectivity index (χ1) is 17.2. The smallest absolute Gasteiger partial charge is 0.0756 e. The van der Waals surface area contributed by atoms with Gasteiger partial charge in [0.2, 0.25) is 0 Å². The van der Waals surface area contributed by atoms with E-state index in [1.54, 1.807) is 0 Å². The molecule has 0 atom stereocenters. The van der Waals surface area contributed by atoms with E-state index in [2.05, 4.69) is 97.0 Å². The molecule has 178 valence electrons. The average molecular weight is 479 g/mol. The number of nitrogens with zero attached hydrogens (tertiary/aromatic N) is 2. The molecule has 0 spiro atoms. The lowest BCUT2D eigenvalue weighted by Crippen LogP contribution is -1.92. The van der Waals surface area contributed by atoms with Crippen LogP contribution in [0.25, 0.3) is 54.1 Å². The first-order valence-corrected chi connectivity index (χ1v) is 14.1. The van der Waals surface area contributed by atoms with Crippen LogP contribution in [0, 0.1) is 0 Å². The van der Waals surface area contributed by atoms with Gasteiger partial charge >= 0.3 is 0 Å². The molecule has 2 nitrogen and oxygen atoms in total. The molecule has 3 heteroatoms. The highest BCUT2D eigenvalue weighted by Gasteiger charge is 2.13. The van der Waals surface area contributed by atoms with Gasteiger partial charge in [-0.05, 0) is 45.9 Å². The molecule has 0 aliphatic carbocycles. The molecule has 0 aliphatic heterocycles. The van der Waals surface area contributed by atoms with Crippen molar-refractivity contribution >= 4 is 65.9 Å². The van der Waals surface area contributed by atoms with Crippen molar-refractivity contribution < 1.29 is 0 Å². The maximum atomic E-state index is 2.42. The number of thioether (sulfide) groups is 1. The summed E-state index contributed by atoms with van der Waals surface area (Å²) in [5.41, 5.74) is 2.67. The van der Waals surface area contributed by atoms with Crippen molar-refractivity contribution in [1.29, 1.82) is 0 Å². The van der Waals surface area contributed by atoms with E-state index in [4.69, 9.17) is 0 Å². The minimum Gasteiger partial charge on any atom is -0.350 e. The van der Waals surface area contributed by atoms with Crippen molar-refractivity contribution in [2.45, 2.75) is 50.5 Å². The van der Waals surface area contributed by atoms with Gasteiger partial charge in [-0.3, -0.25) is 0 Å². The zero-order chi connectivity index (χ0) is 23.9. The molecule has 6 rings (SSSR count). The third-order valence-corrected chi connectivity index (χ3v) is 8.90. The van der Waals surface area contributed by atoms with E-state index >= 15 is 0 Å². The Morgan fingerprint density at radius 2 is 1.17 bits per heavy atom. The largest absolute Gasteiger partial charge is 0.350 e. The van der Waals surface area contributed by atoms with Crippen LogP contribution in [-0.4, -0.2) is 14.9 Å². The lowest BCUT2D eigenvalue weighted by atomic mass is 9.95. The van der Waals surface area contributed by atoms with Crippen molar-refractivity contribution in [2.24, 2.45) is 14.1 Å². The first-order valence-electron chi connectivity index (χ1n) is 13.1. The van der Waals surface area contributed by atoms with Crippen LogP contribution in [-0.2, 0) is 14.1 Å². The molecular formula is C32H34N2S. The fourth-order valence-corrected chi connectivity index (χ4v) is 6.92. The second kappa shape index (κ2) is 9.28. The number of unbranched alkanes of at least 4 members (excludes halogenated alkanes) is 5. The third-order valence-electron chi connectivity index (χ3n) is 7.72. The lowest BCUT2D eigenvalue weighted by molar-refractivity contribution is 0.627. The predicted octanol–water partition coefficient (Wildman–Crippen LogP) is 9.58. The molecule has 6 aromatic rings. The van der Waals surface area contributed by atoms with Gasteiger partial charge in [-0.25, -0.2) is 0 Å². The number of aromatic nitrogens is 2. The molecule has 2 heterocycles. The molecule has 0 bridgehead atoms. The summed E-state index contributed by atoms with van der Waals surface area (Å²) in [4.78, 5) is 0. The number of rotatable bonds is 8. The number of fused-ring (bicyclic) bond motifs is 9. The standard InChI is InChI=1S/C32H34N2S/c1-4-5-6-7-8-9-20-35-30-21-23-11-13-27-25-14-16-28-26(12-10-22-18-19-33(2)31(22)28)24(25)15-17-29(27)32(23)34(30)3/h10-19,21H,4-9,20H2,1-3H3. The molecule has 0 radical (unpaired) electrons. The summed E-state index contributed by atoms with van der Waals surface area (Å²) in [7, 11) is 4.38. The first kappa shape index (κ1) is 22.5. The monoisotopic (exact) mass is 478 g/mol. The number of aryl methyl sites for hydroxylation is 2. The van der Waals surface area contributed by atoms with Crippen LogP contribution in [0.15, 0.2) is 71.9 Å². The highest BCUT2D eigenvalue weighted by molar-refractivity contribution is 7.99. The van der Waals surface area contributed by atoms with Gasteiger partial charge in [-0.15, -0.1) is 11.8 Å². The molecule has 0 saturated heterocycles. The minimum atomic E-state index is 1.21. The molecule has 0 aliphatic rings. The number of hydrogen-bond donors (Lipinski definition) is 0. The predicted molar refractivity (Wildman–Crippen MR) is 156 cm³/mol. The Bertz CT molecular complexity index is 1680. The summed E-state index contributed by atoms with van der Waals surface area (Å²) in [5, 5.41) is 12.1. The van der Waals surface area contributed by atoms with Gasteiger partial charge in [0, 0.05) is 41.8 Å². The Balaban J connectivity index is 1.39. The van der Waals surface area contributed by atoms with Crippen molar-refractivity contribution in [1.82, 2.24) is 9.13 Å². The van der Waals surface area contributed by atoms with E-state index in [0.717, 1.165) is 0 Å². The van der Waals surface area contributed by atoms with Gasteiger partial charge in [0.25, 0.3) is 0 Å². The van der Waals surface area contributed by atoms with E-state index in [9.17, 15) is 0 Å². The molecule has 2 aromatic heterocycles. The molecule has 4 aromatic carbocycles. The summed E-state index contributed by atoms with van der Waals surface area (Å²) in [6.45, 7) is 2.28. The Morgan fingerprint density at radius 3 is 1.91 bits per heavy atom. The third kappa shape index (κ3) is 3.81. The Kier molecular flexibility index (Phi) is 5.98. The summed E-state index contributed by atoms with van der Waals surface area (Å²) in [5.74, 6) is 1.21. The van der Waals surface area contributed by atoms with E-state index in [1.165, 1.54) is 103 Å². The molecule has 0 amide bonds. The Hall–Kier alpha value is -2.91. The zero-order valence-electron chi connectivity index (χ0n) is 21.1. The summed E-state index contributed by atoms with van der Waals surface area (Å²) in [6.07, 6.45) is 10.3. The Morgan fingerprint density at radius 1 is 0.600 bits per heavy atom. The van der Waals surface area contributed by atoms with Gasteiger partial charge in [0.15, 0.2) is 0 Å². The fraction of sp³-hybridized carbons (Fsp3) is 0.312. The van der Waals surface area contributed by atoms with Crippen LogP contribution in [0.4, 0.5) is 0 Å². The van der Waals surface area contributed by atoms with Crippen LogP contribution < -0.4 is 0 Å². The number of benzene rings is 4. The zero-order valence-corrected chi connectivity index (χ0v) is 21.9. The van der Waals surface area contributed by atoms with Crippen LogP contribution in [0.1, 0.15) is 45.4 Å². The summed E-state index contributed by atoms with van der Waals surface area (Å²) in [6, 6.07) is 23.1. The summed E-state index contributed by atoms with van der Waals surface area (Å²) >= 11 is 2.01. The van der Waals surface area contributed by atoms with Crippen LogP contribution >= 0.6 is 11.8 Å². The minimum absolute atomic E-state index is 1.21. The van der Waals surface area contributed by atoms with Gasteiger partial charge in [-0.1, -0.05) is 87.6 Å². The van der Waals surface area contributed by atoms with Crippen molar-refractivity contribution in [3.05, 3.63) is 66.9 Å². The van der Waals surface area contributed by atoms with Crippen LogP contribution in [0.3, 0.4) is 0 Å². The van der Waals surface area contributed by atoms with Crippen molar-refractivity contribution in [3.63, 3.8) is 0 Å². The average Bonchev–Trinajstić information content (AvgIpc) is 3.42. The highest BCUT2D eigenvalue weighted by Crippen LogP contribution is 2.38. The van der Waals surface area contributed by atoms with E-state index in [0.29, 0.717) is 0 Å². The maximum Gasteiger partial charge on any atom is 0.0756 e. The quantitative estimate of drug-likeness (QED) is 0.120. The molecular weight excluding hydrogens is 444 g/mol. The van der Waals surface area contributed by atoms with Crippen molar-refractivity contribution in [2.75, 3.05) is 5.75 Å². The van der Waals surface area contributed by atoms with E-state index in [1.807, 2.05) is 11.8 Å². The second-order valence-electron chi connectivity index (χ2n) is 10.0. The molecule has 0 N–H and O–H groups in total. The normalized spacial score (nSPS) is 12.2. The second-order valence-corrected chi connectivity index (χ2v) is 11.1. The molecule has 0 saturated carbocycles. The number of hydrogen-bond acceptors (Lipinski definition) is 1. The molecule has 0 fully saturated rings. The van der Waals surface area contributed by atoms with Gasteiger partial charge in [0.05, 0.1) is 16.1 Å². The molecule has 0 unspecified atom stereocenters. The lowest BCUT2D eigenvalue weighted by Gasteiger charge is -2.11. The van der Waals surface area contributed by atoms with Gasteiger partial charge in [0.1, 0.15) is 0 Å². The van der Waals surface area contributed by atoms with Crippen LogP contribution in [0.2, 0.25) is 0 Å². The molecule has 35 heavy (non-hydrogen) atoms. The van der Waals surface area contributed by atoms with E-state index < -0.39 is 0 Å². The maximum absolute atomic E-state index is 2.42. The van der Waals surface area contributed by atoms with Crippen molar-refractivity contribution in [3.8, 4) is 0 Å². The summed E-state index contributed by atoms with van der Waals surface area (Å²) < 4.78 is 4.66. The Labute approximate surface area is 211 Å². The van der Waals surface area contributed by atoms with E-state index in [-0.39, 0.29) is 0 Å². The van der Waals surface area contributed by atoms with Gasteiger partial charge < -0.3 is 9.13 Å². The topological polar surface area (TPSA) is 9.86 Å². The van der Waals surface area contributed by atoms with Gasteiger partial charge in [-0.2, -0.15) is 0 Å². The fourth-order valence-electron chi connectivity index (χ4n) is 5.86. The highest BCUT2D eigenvalue weighted by atomic mass is 32.2. The SMILES string of the molecule is CCCCCCCCSc1cc2ccc3c4ccc5c(ccc6ccn(C)c65)c4ccc3c2n1C.